The minimum Gasteiger partial charge on any atom is -0.480 e. The van der Waals surface area contributed by atoms with E-state index in [-0.39, 0.29) is 12.0 Å². The van der Waals surface area contributed by atoms with E-state index in [2.05, 4.69) is 13.8 Å². The van der Waals surface area contributed by atoms with Crippen molar-refractivity contribution in [3.8, 4) is 0 Å². The van der Waals surface area contributed by atoms with Crippen LogP contribution in [0, 0.1) is 5.92 Å². The highest BCUT2D eigenvalue weighted by molar-refractivity contribution is 5.94. The number of benzene rings is 2. The average molecular weight is 365 g/mol. The Labute approximate surface area is 163 Å². The van der Waals surface area contributed by atoms with E-state index in [1.54, 1.807) is 0 Å². The lowest BCUT2D eigenvalue weighted by Crippen LogP contribution is -2.39. The molecule has 0 amide bonds. The van der Waals surface area contributed by atoms with Gasteiger partial charge in [0.15, 0.2) is 0 Å². The van der Waals surface area contributed by atoms with Crippen LogP contribution in [0.15, 0.2) is 70.6 Å². The van der Waals surface area contributed by atoms with E-state index in [0.29, 0.717) is 31.4 Å². The molecule has 0 saturated heterocycles. The lowest BCUT2D eigenvalue weighted by atomic mass is 10.0. The van der Waals surface area contributed by atoms with E-state index < -0.39 is 6.02 Å². The summed E-state index contributed by atoms with van der Waals surface area (Å²) >= 11 is 0. The molecular weight excluding hydrogens is 336 g/mol. The van der Waals surface area contributed by atoms with Gasteiger partial charge in [0.05, 0.1) is 7.98 Å². The van der Waals surface area contributed by atoms with Crippen LogP contribution in [-0.4, -0.2) is 30.5 Å². The van der Waals surface area contributed by atoms with Crippen molar-refractivity contribution in [2.24, 2.45) is 15.9 Å². The fourth-order valence-electron chi connectivity index (χ4n) is 2.95. The van der Waals surface area contributed by atoms with Gasteiger partial charge in [-0.15, -0.1) is 0 Å². The first-order valence-electron chi connectivity index (χ1n) is 10.0. The molecule has 27 heavy (non-hydrogen) atoms. The number of hydrogen-bond donors (Lipinski definition) is 0. The van der Waals surface area contributed by atoms with Gasteiger partial charge in [0.1, 0.15) is 18.7 Å². The first kappa shape index (κ1) is 17.8. The van der Waals surface area contributed by atoms with E-state index in [9.17, 15) is 0 Å². The van der Waals surface area contributed by atoms with Gasteiger partial charge in [-0.05, 0) is 24.0 Å². The molecule has 1 heterocycles. The van der Waals surface area contributed by atoms with Gasteiger partial charge in [-0.1, -0.05) is 74.5 Å². The van der Waals surface area contributed by atoms with Gasteiger partial charge in [0.2, 0.25) is 11.8 Å². The molecule has 0 bridgehead atoms. The molecule has 0 saturated carbocycles. The fraction of sp³-hybridized carbons (Fsp3) is 0.391. The molecule has 0 unspecified atom stereocenters. The van der Waals surface area contributed by atoms with Crippen LogP contribution in [0.1, 0.15) is 33.3 Å². The number of hydrogen-bond acceptors (Lipinski definition) is 4. The van der Waals surface area contributed by atoms with E-state index in [4.69, 9.17) is 20.8 Å². The summed E-state index contributed by atoms with van der Waals surface area (Å²) in [7, 11) is 0. The molecule has 0 radical (unpaired) electrons. The number of ether oxygens (including phenoxy) is 2. The van der Waals surface area contributed by atoms with Crippen LogP contribution >= 0.6 is 0 Å². The minimum absolute atomic E-state index is 0.196. The maximum atomic E-state index is 9.10. The topological polar surface area (TPSA) is 43.2 Å². The highest BCUT2D eigenvalue weighted by Crippen LogP contribution is 2.21. The van der Waals surface area contributed by atoms with Crippen molar-refractivity contribution in [1.29, 1.82) is 0 Å². The summed E-state index contributed by atoms with van der Waals surface area (Å²) in [5, 5.41) is 0. The van der Waals surface area contributed by atoms with Crippen molar-refractivity contribution >= 4 is 11.8 Å². The predicted molar refractivity (Wildman–Crippen MR) is 110 cm³/mol. The Morgan fingerprint density at radius 1 is 0.889 bits per heavy atom. The molecule has 0 aliphatic carbocycles. The van der Waals surface area contributed by atoms with E-state index >= 15 is 0 Å². The van der Waals surface area contributed by atoms with Crippen LogP contribution in [0.5, 0.6) is 0 Å². The zero-order chi connectivity index (χ0) is 20.0. The Hall–Kier alpha value is -2.62. The Bertz CT molecular complexity index is 821. The second-order valence-corrected chi connectivity index (χ2v) is 6.89. The SMILES string of the molecule is [2H][C@]1(Cc2ccccc2)N=C(OCC)[C@H](C(C)C)N=C1OCc1ccccc1. The van der Waals surface area contributed by atoms with Crippen LogP contribution in [0.3, 0.4) is 0 Å². The minimum atomic E-state index is -1.34. The zero-order valence-electron chi connectivity index (χ0n) is 17.3. The third-order valence-electron chi connectivity index (χ3n) is 4.36. The molecule has 4 nitrogen and oxygen atoms in total. The maximum Gasteiger partial charge on any atom is 0.210 e. The fourth-order valence-corrected chi connectivity index (χ4v) is 2.95. The van der Waals surface area contributed by atoms with Crippen molar-refractivity contribution in [2.75, 3.05) is 6.61 Å². The number of rotatable bonds is 6. The largest absolute Gasteiger partial charge is 0.480 e. The molecule has 0 aromatic heterocycles. The second kappa shape index (κ2) is 9.36. The number of nitrogens with zero attached hydrogens (tertiary/aromatic N) is 2. The molecule has 0 fully saturated rings. The Morgan fingerprint density at radius 2 is 1.52 bits per heavy atom. The molecule has 142 valence electrons. The Kier molecular flexibility index (Phi) is 6.16. The van der Waals surface area contributed by atoms with Crippen LogP contribution in [0.4, 0.5) is 0 Å². The molecule has 1 aliphatic heterocycles. The van der Waals surface area contributed by atoms with Crippen molar-refractivity contribution < 1.29 is 10.8 Å². The summed E-state index contributed by atoms with van der Waals surface area (Å²) in [4.78, 5) is 9.50. The summed E-state index contributed by atoms with van der Waals surface area (Å²) in [6, 6.07) is 18.2. The quantitative estimate of drug-likeness (QED) is 0.745. The molecule has 1 aliphatic rings. The van der Waals surface area contributed by atoms with Crippen molar-refractivity contribution in [3.63, 3.8) is 0 Å². The van der Waals surface area contributed by atoms with E-state index in [1.807, 2.05) is 67.6 Å². The third kappa shape index (κ3) is 5.19. The molecule has 4 heteroatoms. The summed E-state index contributed by atoms with van der Waals surface area (Å²) in [6.07, 6.45) is 0.378. The van der Waals surface area contributed by atoms with E-state index in [0.717, 1.165) is 11.1 Å². The molecule has 2 aromatic carbocycles. The summed E-state index contributed by atoms with van der Waals surface area (Å²) < 4.78 is 20.9. The first-order valence-corrected chi connectivity index (χ1v) is 9.53. The smallest absolute Gasteiger partial charge is 0.210 e. The molecule has 0 spiro atoms. The van der Waals surface area contributed by atoms with Gasteiger partial charge in [-0.3, -0.25) is 0 Å². The lowest BCUT2D eigenvalue weighted by molar-refractivity contribution is 0.258. The van der Waals surface area contributed by atoms with Gasteiger partial charge < -0.3 is 9.47 Å². The molecule has 3 rings (SSSR count). The first-order chi connectivity index (χ1) is 13.5. The van der Waals surface area contributed by atoms with Crippen molar-refractivity contribution in [1.82, 2.24) is 0 Å². The van der Waals surface area contributed by atoms with Crippen LogP contribution in [0.2, 0.25) is 0 Å². The van der Waals surface area contributed by atoms with Crippen LogP contribution in [0.25, 0.3) is 0 Å². The van der Waals surface area contributed by atoms with Crippen LogP contribution in [-0.2, 0) is 22.5 Å². The predicted octanol–water partition coefficient (Wildman–Crippen LogP) is 4.69. The third-order valence-corrected chi connectivity index (χ3v) is 4.36. The molecule has 2 aromatic rings. The number of aliphatic imine (C=N–C) groups is 2. The highest BCUT2D eigenvalue weighted by Gasteiger charge is 2.31. The summed E-state index contributed by atoms with van der Waals surface area (Å²) in [6.45, 7) is 6.93. The molecule has 2 atom stereocenters. The molecule has 0 N–H and O–H groups in total. The van der Waals surface area contributed by atoms with E-state index in [1.165, 1.54) is 0 Å². The monoisotopic (exact) mass is 365 g/mol. The standard InChI is InChI=1S/C23H28N2O2/c1-4-26-23-21(17(2)3)25-22(27-16-19-13-9-6-10-14-19)20(24-23)15-18-11-7-5-8-12-18/h5-14,17,20-21H,4,15-16H2,1-3H3/t20-,21+/m1/s1/i20D. The Morgan fingerprint density at radius 3 is 2.11 bits per heavy atom. The van der Waals surface area contributed by atoms with Gasteiger partial charge >= 0.3 is 0 Å². The molecular formula is C23H28N2O2. The summed E-state index contributed by atoms with van der Waals surface area (Å²) in [5.41, 5.74) is 2.05. The zero-order valence-corrected chi connectivity index (χ0v) is 16.3. The van der Waals surface area contributed by atoms with Crippen LogP contribution < -0.4 is 0 Å². The van der Waals surface area contributed by atoms with Crippen molar-refractivity contribution in [3.05, 3.63) is 71.8 Å². The second-order valence-electron chi connectivity index (χ2n) is 6.89. The van der Waals surface area contributed by atoms with Gasteiger partial charge in [-0.2, -0.15) is 0 Å². The van der Waals surface area contributed by atoms with Gasteiger partial charge in [-0.25, -0.2) is 9.98 Å². The lowest BCUT2D eigenvalue weighted by Gasteiger charge is -2.28. The normalized spacial score (nSPS) is 22.7. The highest BCUT2D eigenvalue weighted by atomic mass is 16.5. The van der Waals surface area contributed by atoms with Crippen molar-refractivity contribution in [2.45, 2.75) is 45.9 Å². The van der Waals surface area contributed by atoms with Gasteiger partial charge in [0.25, 0.3) is 0 Å². The average Bonchev–Trinajstić information content (AvgIpc) is 2.68. The summed E-state index contributed by atoms with van der Waals surface area (Å²) in [5.74, 6) is 1.07. The Balaban J connectivity index is 1.91. The maximum absolute atomic E-state index is 9.10. The van der Waals surface area contributed by atoms with Gasteiger partial charge in [0, 0.05) is 6.42 Å².